The van der Waals surface area contributed by atoms with Gasteiger partial charge in [-0.3, -0.25) is 9.59 Å². The molecule has 0 saturated heterocycles. The SMILES string of the molecule is CC(CC(=O)O)NC(=O)c1csc(C(C)N)n1. The zero-order valence-corrected chi connectivity index (χ0v) is 10.5. The van der Waals surface area contributed by atoms with Gasteiger partial charge in [-0.05, 0) is 13.8 Å². The number of carboxylic acid groups (broad SMARTS) is 1. The number of carboxylic acids is 1. The first-order valence-corrected chi connectivity index (χ1v) is 6.01. The molecule has 0 radical (unpaired) electrons. The van der Waals surface area contributed by atoms with Crippen molar-refractivity contribution < 1.29 is 14.7 Å². The quantitative estimate of drug-likeness (QED) is 0.722. The Kier molecular flexibility index (Phi) is 4.59. The van der Waals surface area contributed by atoms with Crippen molar-refractivity contribution in [3.63, 3.8) is 0 Å². The molecule has 1 rings (SSSR count). The third-order valence-electron chi connectivity index (χ3n) is 2.00. The van der Waals surface area contributed by atoms with Crippen molar-refractivity contribution in [2.75, 3.05) is 0 Å². The number of aromatic nitrogens is 1. The van der Waals surface area contributed by atoms with Gasteiger partial charge >= 0.3 is 5.97 Å². The smallest absolute Gasteiger partial charge is 0.305 e. The summed E-state index contributed by atoms with van der Waals surface area (Å²) in [4.78, 5) is 26.2. The molecule has 2 unspecified atom stereocenters. The Morgan fingerprint density at radius 1 is 1.59 bits per heavy atom. The average molecular weight is 257 g/mol. The molecule has 1 aromatic rings. The van der Waals surface area contributed by atoms with Crippen molar-refractivity contribution in [1.82, 2.24) is 10.3 Å². The van der Waals surface area contributed by atoms with Gasteiger partial charge < -0.3 is 16.2 Å². The minimum atomic E-state index is -0.952. The molecule has 0 spiro atoms. The fourth-order valence-corrected chi connectivity index (χ4v) is 1.97. The van der Waals surface area contributed by atoms with Crippen molar-refractivity contribution in [1.29, 1.82) is 0 Å². The number of hydrogen-bond donors (Lipinski definition) is 3. The highest BCUT2D eigenvalue weighted by atomic mass is 32.1. The summed E-state index contributed by atoms with van der Waals surface area (Å²) in [5.41, 5.74) is 5.91. The van der Waals surface area contributed by atoms with Crippen molar-refractivity contribution in [2.45, 2.75) is 32.4 Å². The molecule has 0 aliphatic heterocycles. The second kappa shape index (κ2) is 5.74. The minimum Gasteiger partial charge on any atom is -0.481 e. The third kappa shape index (κ3) is 4.12. The number of rotatable bonds is 5. The topological polar surface area (TPSA) is 105 Å². The summed E-state index contributed by atoms with van der Waals surface area (Å²) in [7, 11) is 0. The maximum Gasteiger partial charge on any atom is 0.305 e. The average Bonchev–Trinajstić information content (AvgIpc) is 2.64. The zero-order chi connectivity index (χ0) is 13.0. The van der Waals surface area contributed by atoms with Crippen LogP contribution in [0.4, 0.5) is 0 Å². The minimum absolute atomic E-state index is 0.115. The molecule has 17 heavy (non-hydrogen) atoms. The summed E-state index contributed by atoms with van der Waals surface area (Å²) >= 11 is 1.31. The highest BCUT2D eigenvalue weighted by molar-refractivity contribution is 7.09. The summed E-state index contributed by atoms with van der Waals surface area (Å²) in [5.74, 6) is -1.32. The van der Waals surface area contributed by atoms with Gasteiger partial charge in [0.05, 0.1) is 12.5 Å². The molecular weight excluding hydrogens is 242 g/mol. The van der Waals surface area contributed by atoms with Gasteiger partial charge in [0.25, 0.3) is 5.91 Å². The molecule has 4 N–H and O–H groups in total. The van der Waals surface area contributed by atoms with E-state index >= 15 is 0 Å². The fraction of sp³-hybridized carbons (Fsp3) is 0.500. The van der Waals surface area contributed by atoms with E-state index in [1.165, 1.54) is 11.3 Å². The van der Waals surface area contributed by atoms with Crippen LogP contribution in [0.15, 0.2) is 5.38 Å². The fourth-order valence-electron chi connectivity index (χ4n) is 1.21. The lowest BCUT2D eigenvalue weighted by molar-refractivity contribution is -0.137. The van der Waals surface area contributed by atoms with Crippen molar-refractivity contribution >= 4 is 23.2 Å². The van der Waals surface area contributed by atoms with Gasteiger partial charge in [0.1, 0.15) is 10.7 Å². The number of hydrogen-bond acceptors (Lipinski definition) is 5. The van der Waals surface area contributed by atoms with E-state index in [-0.39, 0.29) is 24.1 Å². The molecule has 0 aliphatic rings. The Morgan fingerprint density at radius 3 is 2.71 bits per heavy atom. The number of nitrogens with one attached hydrogen (secondary N) is 1. The first-order valence-electron chi connectivity index (χ1n) is 5.13. The number of nitrogens with zero attached hydrogens (tertiary/aromatic N) is 1. The van der Waals surface area contributed by atoms with Crippen LogP contribution in [0.25, 0.3) is 0 Å². The zero-order valence-electron chi connectivity index (χ0n) is 9.64. The summed E-state index contributed by atoms with van der Waals surface area (Å²) in [6.07, 6.45) is -0.115. The molecule has 1 amide bonds. The Morgan fingerprint density at radius 2 is 2.24 bits per heavy atom. The van der Waals surface area contributed by atoms with Crippen LogP contribution in [0.3, 0.4) is 0 Å². The Labute approximate surface area is 103 Å². The lowest BCUT2D eigenvalue weighted by atomic mass is 10.2. The normalized spacial score (nSPS) is 14.1. The number of nitrogens with two attached hydrogens (primary N) is 1. The molecule has 0 bridgehead atoms. The lowest BCUT2D eigenvalue weighted by Gasteiger charge is -2.09. The van der Waals surface area contributed by atoms with E-state index in [0.717, 1.165) is 0 Å². The van der Waals surface area contributed by atoms with Crippen LogP contribution in [0.2, 0.25) is 0 Å². The van der Waals surface area contributed by atoms with Crippen LogP contribution in [0.5, 0.6) is 0 Å². The largest absolute Gasteiger partial charge is 0.481 e. The van der Waals surface area contributed by atoms with Gasteiger partial charge in [0.2, 0.25) is 0 Å². The highest BCUT2D eigenvalue weighted by Gasteiger charge is 2.16. The number of carbonyl (C=O) groups excluding carboxylic acids is 1. The predicted octanol–water partition coefficient (Wildman–Crippen LogP) is 0.756. The van der Waals surface area contributed by atoms with Crippen LogP contribution in [0.1, 0.15) is 41.8 Å². The molecule has 94 valence electrons. The van der Waals surface area contributed by atoms with Gasteiger partial charge in [-0.2, -0.15) is 0 Å². The Balaban J connectivity index is 2.60. The molecule has 1 aromatic heterocycles. The van der Waals surface area contributed by atoms with Gasteiger partial charge in [-0.1, -0.05) is 0 Å². The van der Waals surface area contributed by atoms with Gasteiger partial charge in [-0.15, -0.1) is 11.3 Å². The van der Waals surface area contributed by atoms with Crippen molar-refractivity contribution in [2.24, 2.45) is 5.73 Å². The van der Waals surface area contributed by atoms with E-state index in [1.54, 1.807) is 19.2 Å². The Bertz CT molecular complexity index is 417. The van der Waals surface area contributed by atoms with E-state index in [1.807, 2.05) is 0 Å². The summed E-state index contributed by atoms with van der Waals surface area (Å²) in [6, 6.07) is -0.640. The van der Waals surface area contributed by atoms with Crippen LogP contribution in [-0.4, -0.2) is 28.0 Å². The molecule has 2 atom stereocenters. The maximum absolute atomic E-state index is 11.7. The summed E-state index contributed by atoms with van der Waals surface area (Å²) < 4.78 is 0. The molecule has 1 heterocycles. The van der Waals surface area contributed by atoms with Gasteiger partial charge in [0, 0.05) is 11.4 Å². The molecule has 0 aliphatic carbocycles. The van der Waals surface area contributed by atoms with E-state index in [0.29, 0.717) is 5.01 Å². The number of thiazole rings is 1. The van der Waals surface area contributed by atoms with Crippen LogP contribution in [-0.2, 0) is 4.79 Å². The second-order valence-electron chi connectivity index (χ2n) is 3.83. The maximum atomic E-state index is 11.7. The van der Waals surface area contributed by atoms with Gasteiger partial charge in [0.15, 0.2) is 0 Å². The molecule has 0 aromatic carbocycles. The first-order chi connectivity index (χ1) is 7.90. The molecule has 6 nitrogen and oxygen atoms in total. The second-order valence-corrected chi connectivity index (χ2v) is 4.72. The molecule has 0 saturated carbocycles. The van der Waals surface area contributed by atoms with E-state index in [4.69, 9.17) is 10.8 Å². The van der Waals surface area contributed by atoms with Crippen molar-refractivity contribution in [3.8, 4) is 0 Å². The number of amides is 1. The lowest BCUT2D eigenvalue weighted by Crippen LogP contribution is -2.34. The van der Waals surface area contributed by atoms with E-state index in [9.17, 15) is 9.59 Å². The molecular formula is C10H15N3O3S. The van der Waals surface area contributed by atoms with Crippen LogP contribution in [0, 0.1) is 0 Å². The summed E-state index contributed by atoms with van der Waals surface area (Å²) in [5, 5.41) is 13.4. The monoisotopic (exact) mass is 257 g/mol. The third-order valence-corrected chi connectivity index (χ3v) is 3.05. The Hall–Kier alpha value is -1.47. The predicted molar refractivity (Wildman–Crippen MR) is 63.9 cm³/mol. The summed E-state index contributed by atoms with van der Waals surface area (Å²) in [6.45, 7) is 3.42. The number of aliphatic carboxylic acids is 1. The standard InChI is InChI=1S/C10H15N3O3S/c1-5(3-8(14)15)12-9(16)7-4-17-10(13-7)6(2)11/h4-6H,3,11H2,1-2H3,(H,12,16)(H,14,15). The van der Waals surface area contributed by atoms with Gasteiger partial charge in [-0.25, -0.2) is 4.98 Å². The van der Waals surface area contributed by atoms with E-state index < -0.39 is 12.0 Å². The molecule has 7 heteroatoms. The highest BCUT2D eigenvalue weighted by Crippen LogP contribution is 2.15. The molecule has 0 fully saturated rings. The first kappa shape index (κ1) is 13.6. The van der Waals surface area contributed by atoms with E-state index in [2.05, 4.69) is 10.3 Å². The van der Waals surface area contributed by atoms with Crippen LogP contribution >= 0.6 is 11.3 Å². The number of carbonyl (C=O) groups is 2. The van der Waals surface area contributed by atoms with Crippen LogP contribution < -0.4 is 11.1 Å². The van der Waals surface area contributed by atoms with Crippen molar-refractivity contribution in [3.05, 3.63) is 16.1 Å².